The number of phenols is 1. The molecule has 7 N–H and O–H groups in total. The minimum Gasteiger partial charge on any atom is -0.510 e. The van der Waals surface area contributed by atoms with Gasteiger partial charge in [-0.15, -0.1) is 0 Å². The quantitative estimate of drug-likeness (QED) is 0.332. The first-order valence-electron chi connectivity index (χ1n) is 10.0. The van der Waals surface area contributed by atoms with Crippen molar-refractivity contribution in [3.63, 3.8) is 0 Å². The number of hydrogen-bond acceptors (Lipinski definition) is 9. The molecule has 1 amide bonds. The number of aliphatic hydroxyl groups excluding tert-OH is 3. The number of primary amides is 1. The number of carbonyl (C=O) groups is 3. The van der Waals surface area contributed by atoms with Gasteiger partial charge in [-0.3, -0.25) is 19.3 Å². The topological polar surface area (TPSA) is 182 Å². The molecule has 0 spiro atoms. The van der Waals surface area contributed by atoms with Crippen molar-refractivity contribution in [1.82, 2.24) is 4.90 Å². The third kappa shape index (κ3) is 2.48. The van der Waals surface area contributed by atoms with Gasteiger partial charge in [0.1, 0.15) is 22.8 Å². The van der Waals surface area contributed by atoms with Gasteiger partial charge in [-0.2, -0.15) is 0 Å². The number of ketones is 2. The number of aromatic hydroxyl groups is 1. The Balaban J connectivity index is 2.06. The number of fused-ring (bicyclic) bond motifs is 3. The van der Waals surface area contributed by atoms with Crippen molar-refractivity contribution < 1.29 is 39.9 Å². The lowest BCUT2D eigenvalue weighted by Crippen LogP contribution is -2.68. The number of nitrogens with two attached hydrogens (primary N) is 1. The summed E-state index contributed by atoms with van der Waals surface area (Å²) in [5, 5.41) is 55.0. The summed E-state index contributed by atoms with van der Waals surface area (Å²) in [5.41, 5.74) is 1.36. The van der Waals surface area contributed by atoms with Crippen LogP contribution < -0.4 is 5.73 Å². The van der Waals surface area contributed by atoms with E-state index in [0.29, 0.717) is 5.56 Å². The molecule has 0 heterocycles. The Morgan fingerprint density at radius 3 is 2.34 bits per heavy atom. The Labute approximate surface area is 182 Å². The summed E-state index contributed by atoms with van der Waals surface area (Å²) in [6.07, 6.45) is -1.59. The van der Waals surface area contributed by atoms with Gasteiger partial charge in [0.2, 0.25) is 5.78 Å². The zero-order valence-corrected chi connectivity index (χ0v) is 17.6. The molecule has 1 aromatic carbocycles. The molecule has 3 aliphatic rings. The SMILES string of the molecule is C[C@@H]1c2cccc(O)c2C(=O)C2=C(O)[C@]3(O)C(=O)C(C(N)=O)=C(O)[C@H](N(C)C)[C@H]3[C@H](O)[C@H]21. The molecule has 0 unspecified atom stereocenters. The largest absolute Gasteiger partial charge is 0.510 e. The molecule has 170 valence electrons. The molecule has 0 aliphatic heterocycles. The van der Waals surface area contributed by atoms with E-state index < -0.39 is 75.6 Å². The normalized spacial score (nSPS) is 34.4. The monoisotopic (exact) mass is 444 g/mol. The first-order valence-corrected chi connectivity index (χ1v) is 10.0. The third-order valence-corrected chi connectivity index (χ3v) is 7.00. The predicted octanol–water partition coefficient (Wildman–Crippen LogP) is -0.348. The average Bonchev–Trinajstić information content (AvgIpc) is 2.70. The van der Waals surface area contributed by atoms with Crippen LogP contribution in [0.15, 0.2) is 40.9 Å². The molecule has 1 aromatic rings. The number of Topliss-reactive ketones (excluding diaryl/α,β-unsaturated/α-hetero) is 2. The number of benzene rings is 1. The van der Waals surface area contributed by atoms with E-state index in [9.17, 15) is 39.9 Å². The lowest BCUT2D eigenvalue weighted by molar-refractivity contribution is -0.162. The maximum atomic E-state index is 13.3. The highest BCUT2D eigenvalue weighted by atomic mass is 16.4. The number of rotatable bonds is 2. The Hall–Kier alpha value is -3.21. The maximum Gasteiger partial charge on any atom is 0.255 e. The minimum absolute atomic E-state index is 0.104. The third-order valence-electron chi connectivity index (χ3n) is 7.00. The molecule has 10 heteroatoms. The number of carbonyl (C=O) groups excluding carboxylic acids is 3. The zero-order chi connectivity index (χ0) is 23.9. The molecule has 10 nitrogen and oxygen atoms in total. The fourth-order valence-electron chi connectivity index (χ4n) is 5.58. The van der Waals surface area contributed by atoms with Crippen molar-refractivity contribution in [3.05, 3.63) is 52.0 Å². The molecule has 0 saturated carbocycles. The van der Waals surface area contributed by atoms with Gasteiger partial charge in [-0.25, -0.2) is 0 Å². The Bertz CT molecular complexity index is 1140. The van der Waals surface area contributed by atoms with Gasteiger partial charge < -0.3 is 31.3 Å². The summed E-state index contributed by atoms with van der Waals surface area (Å²) >= 11 is 0. The first-order chi connectivity index (χ1) is 14.9. The Kier molecular flexibility index (Phi) is 4.74. The number of amides is 1. The standard InChI is InChI=1S/C22H24N2O8/c1-7-8-5-4-6-9(25)11(8)16(26)12-10(7)17(27)14-15(24(2)3)18(28)13(21(23)31)20(30)22(14,32)19(12)29/h4-7,10,14-15,17,25,27-29,32H,1-3H3,(H2,23,31)/t7-,10+,14+,15-,17-,22+/m1/s1. The second kappa shape index (κ2) is 6.89. The van der Waals surface area contributed by atoms with E-state index in [-0.39, 0.29) is 11.3 Å². The molecule has 4 rings (SSSR count). The van der Waals surface area contributed by atoms with Gasteiger partial charge in [0.05, 0.1) is 23.6 Å². The lowest BCUT2D eigenvalue weighted by Gasteiger charge is -2.53. The van der Waals surface area contributed by atoms with Crippen molar-refractivity contribution in [2.24, 2.45) is 17.6 Å². The minimum atomic E-state index is -2.89. The smallest absolute Gasteiger partial charge is 0.255 e. The molecule has 32 heavy (non-hydrogen) atoms. The number of hydrogen-bond donors (Lipinski definition) is 6. The van der Waals surface area contributed by atoms with Crippen LogP contribution in [0, 0.1) is 11.8 Å². The summed E-state index contributed by atoms with van der Waals surface area (Å²) in [4.78, 5) is 39.8. The van der Waals surface area contributed by atoms with Crippen molar-refractivity contribution >= 4 is 17.5 Å². The van der Waals surface area contributed by atoms with Gasteiger partial charge in [-0.1, -0.05) is 19.1 Å². The number of phenolic OH excluding ortho intramolecular Hbond substituents is 1. The number of likely N-dealkylation sites (N-methyl/N-ethyl adjacent to an activating group) is 1. The van der Waals surface area contributed by atoms with Gasteiger partial charge in [0, 0.05) is 11.5 Å². The van der Waals surface area contributed by atoms with Crippen LogP contribution in [0.4, 0.5) is 0 Å². The van der Waals surface area contributed by atoms with Crippen LogP contribution in [0.1, 0.15) is 28.8 Å². The molecule has 0 bridgehead atoms. The summed E-state index contributed by atoms with van der Waals surface area (Å²) in [5.74, 6) is -8.86. The Morgan fingerprint density at radius 1 is 1.16 bits per heavy atom. The highest BCUT2D eigenvalue weighted by Crippen LogP contribution is 2.55. The lowest BCUT2D eigenvalue weighted by atomic mass is 9.55. The molecular weight excluding hydrogens is 420 g/mol. The Morgan fingerprint density at radius 2 is 1.78 bits per heavy atom. The number of aliphatic hydroxyl groups is 4. The fourth-order valence-corrected chi connectivity index (χ4v) is 5.58. The molecule has 3 aliphatic carbocycles. The highest BCUT2D eigenvalue weighted by Gasteiger charge is 2.67. The summed E-state index contributed by atoms with van der Waals surface area (Å²) < 4.78 is 0. The predicted molar refractivity (Wildman–Crippen MR) is 110 cm³/mol. The average molecular weight is 444 g/mol. The van der Waals surface area contributed by atoms with E-state index in [1.165, 1.54) is 25.1 Å². The van der Waals surface area contributed by atoms with E-state index in [4.69, 9.17) is 5.73 Å². The van der Waals surface area contributed by atoms with E-state index >= 15 is 0 Å². The van der Waals surface area contributed by atoms with Crippen molar-refractivity contribution in [3.8, 4) is 5.75 Å². The summed E-state index contributed by atoms with van der Waals surface area (Å²) in [6.45, 7) is 1.68. The van der Waals surface area contributed by atoms with Crippen LogP contribution in [-0.2, 0) is 9.59 Å². The van der Waals surface area contributed by atoms with Gasteiger partial charge in [0.15, 0.2) is 11.4 Å². The van der Waals surface area contributed by atoms with E-state index in [1.807, 2.05) is 0 Å². The van der Waals surface area contributed by atoms with Gasteiger partial charge in [-0.05, 0) is 31.6 Å². The van der Waals surface area contributed by atoms with Crippen LogP contribution in [0.2, 0.25) is 0 Å². The molecule has 0 fully saturated rings. The molecule has 0 saturated heterocycles. The fraction of sp³-hybridized carbons (Fsp3) is 0.409. The molecule has 6 atom stereocenters. The number of nitrogens with zero attached hydrogens (tertiary/aromatic N) is 1. The van der Waals surface area contributed by atoms with Crippen molar-refractivity contribution in [2.75, 3.05) is 14.1 Å². The summed E-state index contributed by atoms with van der Waals surface area (Å²) in [6, 6.07) is 3.17. The van der Waals surface area contributed by atoms with E-state index in [1.54, 1.807) is 19.1 Å². The summed E-state index contributed by atoms with van der Waals surface area (Å²) in [7, 11) is 2.98. The van der Waals surface area contributed by atoms with Gasteiger partial charge in [0.25, 0.3) is 5.91 Å². The second-order valence-electron chi connectivity index (χ2n) is 8.79. The van der Waals surface area contributed by atoms with Crippen molar-refractivity contribution in [1.29, 1.82) is 0 Å². The van der Waals surface area contributed by atoms with E-state index in [0.717, 1.165) is 0 Å². The van der Waals surface area contributed by atoms with Crippen LogP contribution in [0.5, 0.6) is 5.75 Å². The van der Waals surface area contributed by atoms with Crippen molar-refractivity contribution in [2.45, 2.75) is 30.6 Å². The second-order valence-corrected chi connectivity index (χ2v) is 8.79. The van der Waals surface area contributed by atoms with Crippen LogP contribution in [0.3, 0.4) is 0 Å². The zero-order valence-electron chi connectivity index (χ0n) is 17.6. The maximum absolute atomic E-state index is 13.3. The molecule has 0 aromatic heterocycles. The highest BCUT2D eigenvalue weighted by molar-refractivity contribution is 6.25. The molecular formula is C22H24N2O8. The van der Waals surface area contributed by atoms with E-state index in [2.05, 4.69) is 0 Å². The van der Waals surface area contributed by atoms with Crippen LogP contribution in [-0.4, -0.2) is 79.7 Å². The first kappa shape index (κ1) is 22.0. The van der Waals surface area contributed by atoms with Crippen LogP contribution >= 0.6 is 0 Å². The van der Waals surface area contributed by atoms with Gasteiger partial charge >= 0.3 is 0 Å². The van der Waals surface area contributed by atoms with Crippen LogP contribution in [0.25, 0.3) is 0 Å². The molecule has 0 radical (unpaired) electrons.